The van der Waals surface area contributed by atoms with Crippen LogP contribution < -0.4 is 5.32 Å². The van der Waals surface area contributed by atoms with Crippen molar-refractivity contribution in [3.63, 3.8) is 0 Å². The Bertz CT molecular complexity index is 404. The van der Waals surface area contributed by atoms with Crippen molar-refractivity contribution in [1.82, 2.24) is 9.97 Å². The summed E-state index contributed by atoms with van der Waals surface area (Å²) < 4.78 is 0. The second kappa shape index (κ2) is 5.00. The van der Waals surface area contributed by atoms with Crippen LogP contribution in [0.5, 0.6) is 0 Å². The molecule has 0 aliphatic carbocycles. The molecule has 0 unspecified atom stereocenters. The summed E-state index contributed by atoms with van der Waals surface area (Å²) in [6.45, 7) is 7.31. The first-order valence-corrected chi connectivity index (χ1v) is 6.85. The maximum atomic E-state index is 10.1. The molecule has 0 aromatic carbocycles. The van der Waals surface area contributed by atoms with Crippen LogP contribution in [0.15, 0.2) is 11.2 Å². The van der Waals surface area contributed by atoms with Gasteiger partial charge in [-0.2, -0.15) is 0 Å². The predicted octanol–water partition coefficient (Wildman–Crippen LogP) is 2.81. The molecule has 0 bridgehead atoms. The Morgan fingerprint density at radius 1 is 1.29 bits per heavy atom. The van der Waals surface area contributed by atoms with E-state index in [1.165, 1.54) is 11.8 Å². The lowest BCUT2D eigenvalue weighted by Gasteiger charge is -2.38. The molecule has 0 spiro atoms. The van der Waals surface area contributed by atoms with Gasteiger partial charge in [0.25, 0.3) is 0 Å². The number of halogens is 1. The average molecular weight is 276 g/mol. The predicted molar refractivity (Wildman–Crippen MR) is 72.8 cm³/mol. The van der Waals surface area contributed by atoms with Crippen LogP contribution in [0, 0.1) is 0 Å². The molecule has 0 radical (unpaired) electrons. The van der Waals surface area contributed by atoms with Crippen LogP contribution >= 0.6 is 23.4 Å². The van der Waals surface area contributed by atoms with Gasteiger partial charge in [0.1, 0.15) is 11.0 Å². The van der Waals surface area contributed by atoms with Gasteiger partial charge in [0.15, 0.2) is 5.16 Å². The first kappa shape index (κ1) is 14.5. The van der Waals surface area contributed by atoms with Crippen LogP contribution in [0.2, 0.25) is 5.15 Å². The molecule has 1 heterocycles. The minimum absolute atomic E-state index is 0.387. The number of aromatic nitrogens is 2. The number of hydrogen-bond acceptors (Lipinski definition) is 5. The van der Waals surface area contributed by atoms with Crippen LogP contribution in [0.3, 0.4) is 0 Å². The molecule has 0 atom stereocenters. The van der Waals surface area contributed by atoms with E-state index < -0.39 is 11.1 Å². The molecule has 0 saturated heterocycles. The molecule has 0 fully saturated rings. The van der Waals surface area contributed by atoms with Crippen molar-refractivity contribution in [3.8, 4) is 0 Å². The van der Waals surface area contributed by atoms with Crippen molar-refractivity contribution in [3.05, 3.63) is 11.2 Å². The number of nitrogens with zero attached hydrogens (tertiary/aromatic N) is 2. The van der Waals surface area contributed by atoms with E-state index in [1.807, 2.05) is 20.1 Å². The third-order valence-corrected chi connectivity index (χ3v) is 3.57. The smallest absolute Gasteiger partial charge is 0.190 e. The number of rotatable bonds is 4. The lowest BCUT2D eigenvalue weighted by Crippen LogP contribution is -2.51. The molecule has 0 amide bonds. The van der Waals surface area contributed by atoms with Crippen LogP contribution in [0.4, 0.5) is 5.82 Å². The van der Waals surface area contributed by atoms with Crippen molar-refractivity contribution in [2.45, 2.75) is 44.0 Å². The van der Waals surface area contributed by atoms with Gasteiger partial charge in [-0.25, -0.2) is 9.97 Å². The Hall–Kier alpha value is -0.520. The molecule has 1 rings (SSSR count). The van der Waals surface area contributed by atoms with E-state index in [0.29, 0.717) is 16.1 Å². The van der Waals surface area contributed by atoms with Gasteiger partial charge >= 0.3 is 0 Å². The van der Waals surface area contributed by atoms with E-state index in [9.17, 15) is 5.11 Å². The molecule has 17 heavy (non-hydrogen) atoms. The number of aliphatic hydroxyl groups is 1. The SMILES string of the molecule is CSc1nc(Cl)cc(NC(C)(C)C(C)(C)O)n1. The van der Waals surface area contributed by atoms with E-state index in [-0.39, 0.29) is 0 Å². The fraction of sp³-hybridized carbons (Fsp3) is 0.636. The van der Waals surface area contributed by atoms with Crippen LogP contribution in [-0.4, -0.2) is 32.5 Å². The van der Waals surface area contributed by atoms with E-state index >= 15 is 0 Å². The number of nitrogens with one attached hydrogen (secondary N) is 1. The van der Waals surface area contributed by atoms with Gasteiger partial charge in [0, 0.05) is 6.07 Å². The van der Waals surface area contributed by atoms with Crippen LogP contribution in [0.25, 0.3) is 0 Å². The Kier molecular flexibility index (Phi) is 4.28. The second-order valence-corrected chi connectivity index (χ2v) is 6.03. The van der Waals surface area contributed by atoms with Crippen molar-refractivity contribution in [2.24, 2.45) is 0 Å². The summed E-state index contributed by atoms with van der Waals surface area (Å²) in [5, 5.41) is 14.2. The van der Waals surface area contributed by atoms with Gasteiger partial charge in [-0.15, -0.1) is 0 Å². The summed E-state index contributed by atoms with van der Waals surface area (Å²) in [7, 11) is 0. The molecular weight excluding hydrogens is 258 g/mol. The highest BCUT2D eigenvalue weighted by atomic mass is 35.5. The minimum Gasteiger partial charge on any atom is -0.388 e. The molecular formula is C11H18ClN3OS. The van der Waals surface area contributed by atoms with Gasteiger partial charge in [-0.1, -0.05) is 23.4 Å². The third-order valence-electron chi connectivity index (χ3n) is 2.83. The van der Waals surface area contributed by atoms with Crippen molar-refractivity contribution < 1.29 is 5.11 Å². The zero-order valence-corrected chi connectivity index (χ0v) is 12.3. The summed E-state index contributed by atoms with van der Waals surface area (Å²) >= 11 is 7.33. The van der Waals surface area contributed by atoms with Crippen molar-refractivity contribution >= 4 is 29.2 Å². The van der Waals surface area contributed by atoms with Crippen molar-refractivity contribution in [1.29, 1.82) is 0 Å². The first-order chi connectivity index (χ1) is 7.65. The lowest BCUT2D eigenvalue weighted by molar-refractivity contribution is 0.0238. The quantitative estimate of drug-likeness (QED) is 0.503. The number of anilines is 1. The Morgan fingerprint density at radius 2 is 1.88 bits per heavy atom. The first-order valence-electron chi connectivity index (χ1n) is 5.25. The molecule has 0 saturated carbocycles. The molecule has 0 aliphatic rings. The summed E-state index contributed by atoms with van der Waals surface area (Å²) in [6.07, 6.45) is 1.89. The topological polar surface area (TPSA) is 58.0 Å². The van der Waals surface area contributed by atoms with Gasteiger partial charge in [-0.3, -0.25) is 0 Å². The summed E-state index contributed by atoms with van der Waals surface area (Å²) in [4.78, 5) is 8.36. The highest BCUT2D eigenvalue weighted by molar-refractivity contribution is 7.98. The summed E-state index contributed by atoms with van der Waals surface area (Å²) in [5.41, 5.74) is -1.41. The number of hydrogen-bond donors (Lipinski definition) is 2. The fourth-order valence-corrected chi connectivity index (χ4v) is 1.64. The Labute approximate surface area is 111 Å². The van der Waals surface area contributed by atoms with Gasteiger partial charge in [0.2, 0.25) is 0 Å². The maximum Gasteiger partial charge on any atom is 0.190 e. The molecule has 2 N–H and O–H groups in total. The highest BCUT2D eigenvalue weighted by Gasteiger charge is 2.35. The minimum atomic E-state index is -0.885. The Morgan fingerprint density at radius 3 is 2.35 bits per heavy atom. The maximum absolute atomic E-state index is 10.1. The second-order valence-electron chi connectivity index (χ2n) is 4.87. The molecule has 6 heteroatoms. The Balaban J connectivity index is 2.99. The van der Waals surface area contributed by atoms with Crippen molar-refractivity contribution in [2.75, 3.05) is 11.6 Å². The standard InChI is InChI=1S/C11H18ClN3OS/c1-10(2,11(3,4)16)15-8-6-7(12)13-9(14-8)17-5/h6,16H,1-5H3,(H,13,14,15). The fourth-order valence-electron chi connectivity index (χ4n) is 1.03. The average Bonchev–Trinajstić information content (AvgIpc) is 2.14. The lowest BCUT2D eigenvalue weighted by atomic mass is 9.86. The van der Waals surface area contributed by atoms with Gasteiger partial charge in [0.05, 0.1) is 11.1 Å². The third kappa shape index (κ3) is 3.72. The molecule has 96 valence electrons. The monoisotopic (exact) mass is 275 g/mol. The van der Waals surface area contributed by atoms with E-state index in [4.69, 9.17) is 11.6 Å². The van der Waals surface area contributed by atoms with Gasteiger partial charge in [-0.05, 0) is 34.0 Å². The van der Waals surface area contributed by atoms with Crippen LogP contribution in [0.1, 0.15) is 27.7 Å². The van der Waals surface area contributed by atoms with E-state index in [0.717, 1.165) is 0 Å². The summed E-state index contributed by atoms with van der Waals surface area (Å²) in [6, 6.07) is 1.65. The molecule has 1 aromatic heterocycles. The molecule has 4 nitrogen and oxygen atoms in total. The molecule has 0 aliphatic heterocycles. The molecule has 1 aromatic rings. The largest absolute Gasteiger partial charge is 0.388 e. The van der Waals surface area contributed by atoms with E-state index in [2.05, 4.69) is 15.3 Å². The zero-order valence-electron chi connectivity index (χ0n) is 10.7. The number of thioether (sulfide) groups is 1. The summed E-state index contributed by atoms with van der Waals surface area (Å²) in [5.74, 6) is 0.612. The zero-order chi connectivity index (χ0) is 13.3. The normalized spacial score (nSPS) is 12.6. The van der Waals surface area contributed by atoms with Crippen LogP contribution in [-0.2, 0) is 0 Å². The van der Waals surface area contributed by atoms with E-state index in [1.54, 1.807) is 19.9 Å². The van der Waals surface area contributed by atoms with Gasteiger partial charge < -0.3 is 10.4 Å². The highest BCUT2D eigenvalue weighted by Crippen LogP contribution is 2.26.